The molecular formula is C8H16O4. The molecule has 0 aliphatic heterocycles. The van der Waals surface area contributed by atoms with Crippen LogP contribution >= 0.6 is 0 Å². The van der Waals surface area contributed by atoms with Gasteiger partial charge in [0.05, 0.1) is 19.8 Å². The van der Waals surface area contributed by atoms with Crippen molar-refractivity contribution in [1.29, 1.82) is 0 Å². The normalized spacial score (nSPS) is 12.6. The molecule has 0 aromatic heterocycles. The molecule has 0 heterocycles. The van der Waals surface area contributed by atoms with Crippen LogP contribution in [-0.4, -0.2) is 39.0 Å². The van der Waals surface area contributed by atoms with E-state index in [9.17, 15) is 4.79 Å². The molecule has 0 aliphatic carbocycles. The second-order valence-electron chi connectivity index (χ2n) is 2.49. The van der Waals surface area contributed by atoms with E-state index in [0.717, 1.165) is 0 Å². The predicted octanol–water partition coefficient (Wildman–Crippen LogP) is 0.601. The summed E-state index contributed by atoms with van der Waals surface area (Å²) in [6, 6.07) is 0. The molecule has 4 heteroatoms. The minimum atomic E-state index is -0.280. The fourth-order valence-corrected chi connectivity index (χ4v) is 0.709. The number of rotatable bonds is 6. The summed E-state index contributed by atoms with van der Waals surface area (Å²) in [4.78, 5) is 10.4. The lowest BCUT2D eigenvalue weighted by atomic mass is 10.4. The SMILES string of the molecule is COCCOCC(C)OC(C)=O. The van der Waals surface area contributed by atoms with Crippen molar-refractivity contribution >= 4 is 5.97 Å². The number of esters is 1. The van der Waals surface area contributed by atoms with Crippen LogP contribution in [0.15, 0.2) is 0 Å². The van der Waals surface area contributed by atoms with E-state index in [-0.39, 0.29) is 12.1 Å². The Bertz CT molecular complexity index is 124. The topological polar surface area (TPSA) is 44.8 Å². The Hall–Kier alpha value is -0.610. The molecule has 0 fully saturated rings. The van der Waals surface area contributed by atoms with Gasteiger partial charge in [-0.1, -0.05) is 0 Å². The highest BCUT2D eigenvalue weighted by atomic mass is 16.6. The maximum Gasteiger partial charge on any atom is 0.302 e. The van der Waals surface area contributed by atoms with Crippen LogP contribution in [0.4, 0.5) is 0 Å². The molecule has 0 aromatic rings. The Balaban J connectivity index is 3.19. The van der Waals surface area contributed by atoms with E-state index >= 15 is 0 Å². The molecular weight excluding hydrogens is 160 g/mol. The highest BCUT2D eigenvalue weighted by Gasteiger charge is 2.04. The maximum atomic E-state index is 10.4. The van der Waals surface area contributed by atoms with Gasteiger partial charge < -0.3 is 14.2 Å². The quantitative estimate of drug-likeness (QED) is 0.439. The van der Waals surface area contributed by atoms with Crippen LogP contribution in [0, 0.1) is 0 Å². The number of hydrogen-bond donors (Lipinski definition) is 0. The van der Waals surface area contributed by atoms with Crippen molar-refractivity contribution < 1.29 is 19.0 Å². The Morgan fingerprint density at radius 1 is 1.42 bits per heavy atom. The Labute approximate surface area is 72.8 Å². The van der Waals surface area contributed by atoms with E-state index < -0.39 is 0 Å². The minimum Gasteiger partial charge on any atom is -0.460 e. The molecule has 0 aromatic carbocycles. The largest absolute Gasteiger partial charge is 0.460 e. The highest BCUT2D eigenvalue weighted by Crippen LogP contribution is 1.92. The third-order valence-corrected chi connectivity index (χ3v) is 1.15. The van der Waals surface area contributed by atoms with Gasteiger partial charge in [0, 0.05) is 14.0 Å². The number of ether oxygens (including phenoxy) is 3. The van der Waals surface area contributed by atoms with Crippen molar-refractivity contribution in [2.75, 3.05) is 26.9 Å². The highest BCUT2D eigenvalue weighted by molar-refractivity contribution is 5.66. The zero-order valence-electron chi connectivity index (χ0n) is 7.83. The van der Waals surface area contributed by atoms with Crippen LogP contribution in [0.25, 0.3) is 0 Å². The van der Waals surface area contributed by atoms with E-state index in [1.165, 1.54) is 6.92 Å². The van der Waals surface area contributed by atoms with Crippen molar-refractivity contribution in [2.45, 2.75) is 20.0 Å². The van der Waals surface area contributed by atoms with Crippen LogP contribution in [0.5, 0.6) is 0 Å². The smallest absolute Gasteiger partial charge is 0.302 e. The monoisotopic (exact) mass is 176 g/mol. The Morgan fingerprint density at radius 3 is 2.58 bits per heavy atom. The van der Waals surface area contributed by atoms with E-state index in [4.69, 9.17) is 14.2 Å². The number of methoxy groups -OCH3 is 1. The van der Waals surface area contributed by atoms with Gasteiger partial charge >= 0.3 is 5.97 Å². The molecule has 0 aliphatic rings. The van der Waals surface area contributed by atoms with Crippen LogP contribution in [0.3, 0.4) is 0 Å². The Kier molecular flexibility index (Phi) is 6.70. The first-order chi connectivity index (χ1) is 5.66. The number of carbonyl (C=O) groups excluding carboxylic acids is 1. The van der Waals surface area contributed by atoms with Gasteiger partial charge in [0.1, 0.15) is 6.10 Å². The fourth-order valence-electron chi connectivity index (χ4n) is 0.709. The zero-order chi connectivity index (χ0) is 9.40. The van der Waals surface area contributed by atoms with E-state index in [2.05, 4.69) is 0 Å². The molecule has 72 valence electrons. The molecule has 1 unspecified atom stereocenters. The molecule has 0 amide bonds. The molecule has 4 nitrogen and oxygen atoms in total. The van der Waals surface area contributed by atoms with Crippen LogP contribution in [0.1, 0.15) is 13.8 Å². The summed E-state index contributed by atoms with van der Waals surface area (Å²) in [5.41, 5.74) is 0. The standard InChI is InChI=1S/C8H16O4/c1-7(12-8(2)9)6-11-5-4-10-3/h7H,4-6H2,1-3H3. The summed E-state index contributed by atoms with van der Waals surface area (Å²) < 4.78 is 14.7. The van der Waals surface area contributed by atoms with E-state index in [1.54, 1.807) is 14.0 Å². The zero-order valence-corrected chi connectivity index (χ0v) is 7.83. The summed E-state index contributed by atoms with van der Waals surface area (Å²) >= 11 is 0. The third kappa shape index (κ3) is 7.50. The Morgan fingerprint density at radius 2 is 2.08 bits per heavy atom. The first kappa shape index (κ1) is 11.4. The molecule has 12 heavy (non-hydrogen) atoms. The third-order valence-electron chi connectivity index (χ3n) is 1.15. The fraction of sp³-hybridized carbons (Fsp3) is 0.875. The molecule has 1 atom stereocenters. The average molecular weight is 176 g/mol. The van der Waals surface area contributed by atoms with Gasteiger partial charge in [-0.15, -0.1) is 0 Å². The lowest BCUT2D eigenvalue weighted by Gasteiger charge is -2.11. The van der Waals surface area contributed by atoms with Crippen molar-refractivity contribution in [2.24, 2.45) is 0 Å². The number of carbonyl (C=O) groups is 1. The van der Waals surface area contributed by atoms with Crippen molar-refractivity contribution in [3.05, 3.63) is 0 Å². The molecule has 0 N–H and O–H groups in total. The summed E-state index contributed by atoms with van der Waals surface area (Å²) in [6.45, 7) is 4.68. The van der Waals surface area contributed by atoms with Crippen LogP contribution in [-0.2, 0) is 19.0 Å². The van der Waals surface area contributed by atoms with E-state index in [0.29, 0.717) is 19.8 Å². The predicted molar refractivity (Wildman–Crippen MR) is 43.9 cm³/mol. The number of hydrogen-bond acceptors (Lipinski definition) is 4. The summed E-state index contributed by atoms with van der Waals surface area (Å²) in [6.07, 6.45) is -0.181. The average Bonchev–Trinajstić information content (AvgIpc) is 1.97. The first-order valence-electron chi connectivity index (χ1n) is 3.90. The van der Waals surface area contributed by atoms with Gasteiger partial charge in [-0.2, -0.15) is 0 Å². The lowest BCUT2D eigenvalue weighted by Crippen LogP contribution is -2.19. The van der Waals surface area contributed by atoms with Crippen molar-refractivity contribution in [1.82, 2.24) is 0 Å². The van der Waals surface area contributed by atoms with Crippen molar-refractivity contribution in [3.63, 3.8) is 0 Å². The second kappa shape index (κ2) is 7.06. The van der Waals surface area contributed by atoms with Gasteiger partial charge in [-0.05, 0) is 6.92 Å². The van der Waals surface area contributed by atoms with Gasteiger partial charge in [0.15, 0.2) is 0 Å². The molecule has 0 rings (SSSR count). The summed E-state index contributed by atoms with van der Waals surface area (Å²) in [5.74, 6) is -0.280. The van der Waals surface area contributed by atoms with Gasteiger partial charge in [-0.3, -0.25) is 4.79 Å². The van der Waals surface area contributed by atoms with Crippen LogP contribution in [0.2, 0.25) is 0 Å². The van der Waals surface area contributed by atoms with Crippen molar-refractivity contribution in [3.8, 4) is 0 Å². The molecule has 0 bridgehead atoms. The lowest BCUT2D eigenvalue weighted by molar-refractivity contribution is -0.148. The van der Waals surface area contributed by atoms with Crippen LogP contribution < -0.4 is 0 Å². The summed E-state index contributed by atoms with van der Waals surface area (Å²) in [5, 5.41) is 0. The van der Waals surface area contributed by atoms with E-state index in [1.807, 2.05) is 0 Å². The van der Waals surface area contributed by atoms with Gasteiger partial charge in [0.25, 0.3) is 0 Å². The molecule has 0 saturated heterocycles. The summed E-state index contributed by atoms with van der Waals surface area (Å²) in [7, 11) is 1.61. The van der Waals surface area contributed by atoms with Gasteiger partial charge in [0.2, 0.25) is 0 Å². The first-order valence-corrected chi connectivity index (χ1v) is 3.90. The molecule has 0 spiro atoms. The maximum absolute atomic E-state index is 10.4. The second-order valence-corrected chi connectivity index (χ2v) is 2.49. The minimum absolute atomic E-state index is 0.181. The van der Waals surface area contributed by atoms with Gasteiger partial charge in [-0.25, -0.2) is 0 Å². The molecule has 0 radical (unpaired) electrons. The molecule has 0 saturated carbocycles.